The topological polar surface area (TPSA) is 97.0 Å². The molecule has 0 saturated heterocycles. The van der Waals surface area contributed by atoms with Crippen LogP contribution in [0, 0.1) is 22.7 Å². The second kappa shape index (κ2) is 18.3. The molecule has 0 aromatic heterocycles. The lowest BCUT2D eigenvalue weighted by Gasteiger charge is -2.32. The summed E-state index contributed by atoms with van der Waals surface area (Å²) in [6, 6.07) is 39.5. The lowest BCUT2D eigenvalue weighted by atomic mass is 9.95. The Bertz CT molecular complexity index is 2640. The van der Waals surface area contributed by atoms with Gasteiger partial charge in [-0.2, -0.15) is 36.9 Å². The molecule has 8 rings (SSSR count). The van der Waals surface area contributed by atoms with Crippen LogP contribution < -0.4 is 10.2 Å². The lowest BCUT2D eigenvalue weighted by molar-refractivity contribution is -0.138. The molecule has 0 amide bonds. The molecule has 0 radical (unpaired) electrons. The van der Waals surface area contributed by atoms with E-state index in [0.717, 1.165) is 102 Å². The first-order valence-electron chi connectivity index (χ1n) is 18.6. The van der Waals surface area contributed by atoms with Gasteiger partial charge in [0.15, 0.2) is 0 Å². The largest absolute Gasteiger partial charge is 0.416 e. The fraction of sp³-hybridized carbons (Fsp3) is 0.174. The minimum Gasteiger partial charge on any atom is -0.385 e. The highest BCUT2D eigenvalue weighted by molar-refractivity contribution is 8.13. The number of anilines is 3. The molecule has 0 spiro atoms. The summed E-state index contributed by atoms with van der Waals surface area (Å²) in [4.78, 5) is 2.22. The number of halogens is 7. The van der Waals surface area contributed by atoms with Crippen molar-refractivity contribution in [3.8, 4) is 34.4 Å². The minimum atomic E-state index is -4.32. The summed E-state index contributed by atoms with van der Waals surface area (Å²) in [6.45, 7) is 1.87. The molecule has 0 bridgehead atoms. The van der Waals surface area contributed by atoms with E-state index >= 15 is 0 Å². The zero-order chi connectivity index (χ0) is 43.1. The molecule has 2 aliphatic heterocycles. The normalized spacial score (nSPS) is 13.4. The van der Waals surface area contributed by atoms with Gasteiger partial charge in [-0.3, -0.25) is 0 Å². The number of rotatable bonds is 4. The van der Waals surface area contributed by atoms with Crippen molar-refractivity contribution >= 4 is 36.8 Å². The van der Waals surface area contributed by atoms with Gasteiger partial charge in [0.25, 0.3) is 9.05 Å². The molecule has 1 N–H and O–H groups in total. The Balaban J connectivity index is 0.000000164. The van der Waals surface area contributed by atoms with Gasteiger partial charge in [-0.1, -0.05) is 36.4 Å². The third-order valence-corrected chi connectivity index (χ3v) is 11.3. The number of nitrogens with one attached hydrogen (secondary N) is 1. The third kappa shape index (κ3) is 10.9. The molecule has 2 heterocycles. The van der Waals surface area contributed by atoms with Gasteiger partial charge in [-0.25, -0.2) is 8.42 Å². The van der Waals surface area contributed by atoms with Crippen molar-refractivity contribution in [3.05, 3.63) is 167 Å². The van der Waals surface area contributed by atoms with Crippen molar-refractivity contribution in [1.29, 1.82) is 10.5 Å². The summed E-state index contributed by atoms with van der Waals surface area (Å²) in [5.74, 6) is 0. The molecular weight excluding hydrogens is 822 g/mol. The first-order chi connectivity index (χ1) is 28.5. The fourth-order valence-electron chi connectivity index (χ4n) is 6.81. The van der Waals surface area contributed by atoms with Gasteiger partial charge < -0.3 is 10.2 Å². The van der Waals surface area contributed by atoms with Crippen LogP contribution in [0.2, 0.25) is 0 Å². The summed E-state index contributed by atoms with van der Waals surface area (Å²) in [5.41, 5.74) is 8.90. The van der Waals surface area contributed by atoms with E-state index in [1.807, 2.05) is 42.5 Å². The van der Waals surface area contributed by atoms with Crippen LogP contribution in [0.1, 0.15) is 46.2 Å². The lowest BCUT2D eigenvalue weighted by Crippen LogP contribution is -2.24. The van der Waals surface area contributed by atoms with Crippen LogP contribution in [0.15, 0.2) is 138 Å². The number of hydrogen-bond donors (Lipinski definition) is 1. The Morgan fingerprint density at radius 3 is 1.55 bits per heavy atom. The highest BCUT2D eigenvalue weighted by atomic mass is 35.7. The molecule has 0 aliphatic carbocycles. The predicted molar refractivity (Wildman–Crippen MR) is 221 cm³/mol. The van der Waals surface area contributed by atoms with Gasteiger partial charge in [0, 0.05) is 40.8 Å². The zero-order valence-electron chi connectivity index (χ0n) is 31.7. The molecule has 6 aromatic carbocycles. The average Bonchev–Trinajstić information content (AvgIpc) is 3.25. The Kier molecular flexibility index (Phi) is 13.2. The third-order valence-electron chi connectivity index (χ3n) is 9.91. The summed E-state index contributed by atoms with van der Waals surface area (Å²) >= 11 is 0. The average molecular weight is 857 g/mol. The Hall–Kier alpha value is -6.28. The maximum Gasteiger partial charge on any atom is 0.416 e. The molecule has 14 heteroatoms. The molecule has 2 aliphatic rings. The molecule has 0 saturated carbocycles. The van der Waals surface area contributed by atoms with Crippen molar-refractivity contribution in [3.63, 3.8) is 0 Å². The maximum atomic E-state index is 12.8. The van der Waals surface area contributed by atoms with Gasteiger partial charge in [0.05, 0.1) is 39.3 Å². The summed E-state index contributed by atoms with van der Waals surface area (Å²) in [7, 11) is 1.38. The van der Waals surface area contributed by atoms with Crippen molar-refractivity contribution < 1.29 is 34.8 Å². The minimum absolute atomic E-state index is 0.00293. The summed E-state index contributed by atoms with van der Waals surface area (Å²) < 4.78 is 97.4. The van der Waals surface area contributed by atoms with E-state index < -0.39 is 32.5 Å². The smallest absolute Gasteiger partial charge is 0.385 e. The van der Waals surface area contributed by atoms with Crippen molar-refractivity contribution in [2.24, 2.45) is 0 Å². The monoisotopic (exact) mass is 856 g/mol. The van der Waals surface area contributed by atoms with Crippen LogP contribution >= 0.6 is 10.7 Å². The zero-order valence-corrected chi connectivity index (χ0v) is 33.2. The Morgan fingerprint density at radius 1 is 0.583 bits per heavy atom. The van der Waals surface area contributed by atoms with E-state index in [0.29, 0.717) is 11.1 Å². The van der Waals surface area contributed by atoms with Gasteiger partial charge in [0.1, 0.15) is 0 Å². The molecule has 60 heavy (non-hydrogen) atoms. The van der Waals surface area contributed by atoms with Gasteiger partial charge in [-0.15, -0.1) is 0 Å². The molecule has 0 fully saturated rings. The SMILES string of the molecule is FC(F)(F)c1ccc(-c2ccc3c(c2)CCCN3)cc1.N#Cc1ccc(N2CCCc3cc(-c4ccc(C(F)(F)F)cc4)ccc32)cc1.N#Cc1ccc(S(=O)(=O)Cl)cc1. The quantitative estimate of drug-likeness (QED) is 0.140. The predicted octanol–water partition coefficient (Wildman–Crippen LogP) is 12.5. The van der Waals surface area contributed by atoms with Gasteiger partial charge in [0.2, 0.25) is 0 Å². The number of hydrogen-bond acceptors (Lipinski definition) is 6. The van der Waals surface area contributed by atoms with Crippen LogP contribution in [0.5, 0.6) is 0 Å². The molecular formula is C46H35ClF6N4O2S. The van der Waals surface area contributed by atoms with E-state index in [1.165, 1.54) is 59.7 Å². The van der Waals surface area contributed by atoms with Crippen LogP contribution in [0.3, 0.4) is 0 Å². The van der Waals surface area contributed by atoms with Gasteiger partial charge >= 0.3 is 12.4 Å². The van der Waals surface area contributed by atoms with E-state index in [4.69, 9.17) is 21.2 Å². The number of aryl methyl sites for hydroxylation is 2. The van der Waals surface area contributed by atoms with Crippen LogP contribution in [-0.4, -0.2) is 21.5 Å². The van der Waals surface area contributed by atoms with Crippen molar-refractivity contribution in [1.82, 2.24) is 0 Å². The molecule has 0 unspecified atom stereocenters. The maximum absolute atomic E-state index is 12.8. The second-order valence-electron chi connectivity index (χ2n) is 13.9. The van der Waals surface area contributed by atoms with Crippen LogP contribution in [0.25, 0.3) is 22.3 Å². The Morgan fingerprint density at radius 2 is 1.05 bits per heavy atom. The number of nitriles is 2. The first kappa shape index (κ1) is 43.3. The Labute approximate surface area is 348 Å². The number of nitrogens with zero attached hydrogens (tertiary/aromatic N) is 3. The molecule has 0 atom stereocenters. The second-order valence-corrected chi connectivity index (χ2v) is 16.4. The standard InChI is InChI=1S/C23H17F3N2.C16H14F3N.C7H4ClNO2S/c24-23(25,26)20-8-5-17(6-9-20)18-7-12-22-19(14-18)2-1-13-28(22)21-10-3-16(15-27)4-11-21;17-16(18,19)14-6-3-11(4-7-14)12-5-8-15-13(10-12)2-1-9-20-15;8-12(10,11)7-3-1-6(5-9)2-4-7/h3-12,14H,1-2,13H2;3-8,10,20H,1-2,9H2;1-4H. The van der Waals surface area contributed by atoms with Crippen LogP contribution in [0.4, 0.5) is 43.4 Å². The van der Waals surface area contributed by atoms with E-state index in [1.54, 1.807) is 12.1 Å². The summed E-state index contributed by atoms with van der Waals surface area (Å²) in [6.07, 6.45) is -4.59. The molecule has 6 aromatic rings. The molecule has 6 nitrogen and oxygen atoms in total. The van der Waals surface area contributed by atoms with E-state index in [2.05, 4.69) is 28.4 Å². The van der Waals surface area contributed by atoms with Gasteiger partial charge in [-0.05, 0) is 156 Å². The molecule has 306 valence electrons. The van der Waals surface area contributed by atoms with Crippen LogP contribution in [-0.2, 0) is 34.2 Å². The van der Waals surface area contributed by atoms with E-state index in [9.17, 15) is 34.8 Å². The highest BCUT2D eigenvalue weighted by Gasteiger charge is 2.31. The van der Waals surface area contributed by atoms with E-state index in [-0.39, 0.29) is 4.90 Å². The van der Waals surface area contributed by atoms with Crippen molar-refractivity contribution in [2.75, 3.05) is 23.3 Å². The first-order valence-corrected chi connectivity index (χ1v) is 20.9. The fourth-order valence-corrected chi connectivity index (χ4v) is 7.58. The number of alkyl halides is 6. The summed E-state index contributed by atoms with van der Waals surface area (Å²) in [5, 5.41) is 20.7. The van der Waals surface area contributed by atoms with Crippen molar-refractivity contribution in [2.45, 2.75) is 42.9 Å². The number of benzene rings is 6. The number of fused-ring (bicyclic) bond motifs is 2. The highest BCUT2D eigenvalue weighted by Crippen LogP contribution is 2.38.